The first-order valence-corrected chi connectivity index (χ1v) is 7.34. The minimum atomic E-state index is -0.289. The summed E-state index contributed by atoms with van der Waals surface area (Å²) in [7, 11) is 5.38. The van der Waals surface area contributed by atoms with Crippen molar-refractivity contribution >= 4 is 11.6 Å². The molecule has 2 aromatic heterocycles. The zero-order chi connectivity index (χ0) is 17.0. The van der Waals surface area contributed by atoms with E-state index in [4.69, 9.17) is 0 Å². The number of carbonyl (C=O) groups is 1. The van der Waals surface area contributed by atoms with Gasteiger partial charge < -0.3 is 14.4 Å². The fraction of sp³-hybridized carbons (Fsp3) is 0.467. The highest BCUT2D eigenvalue weighted by Gasteiger charge is 2.12. The molecule has 0 fully saturated rings. The second-order valence-corrected chi connectivity index (χ2v) is 5.59. The lowest BCUT2D eigenvalue weighted by Gasteiger charge is -2.18. The Balaban J connectivity index is 1.96. The van der Waals surface area contributed by atoms with E-state index in [1.54, 1.807) is 29.2 Å². The van der Waals surface area contributed by atoms with Crippen LogP contribution in [-0.4, -0.2) is 57.8 Å². The fourth-order valence-electron chi connectivity index (χ4n) is 2.06. The second-order valence-electron chi connectivity index (χ2n) is 5.59. The number of anilines is 1. The van der Waals surface area contributed by atoms with Gasteiger partial charge in [-0.05, 0) is 6.92 Å². The summed E-state index contributed by atoms with van der Waals surface area (Å²) < 4.78 is 3.15. The first-order chi connectivity index (χ1) is 10.9. The molecule has 0 radical (unpaired) electrons. The van der Waals surface area contributed by atoms with E-state index in [-0.39, 0.29) is 18.0 Å². The maximum atomic E-state index is 12.2. The van der Waals surface area contributed by atoms with E-state index >= 15 is 0 Å². The van der Waals surface area contributed by atoms with Crippen molar-refractivity contribution in [2.24, 2.45) is 0 Å². The Hall–Kier alpha value is -2.64. The standard InChI is InChI=1S/C15H22N6O2/c1-12-16-5-6-20(12)8-7-19(4)15(23)11-21-14(22)9-13(10-17-21)18(2)3/h5-6,9-10H,7-8,11H2,1-4H3. The van der Waals surface area contributed by atoms with Crippen LogP contribution in [0.1, 0.15) is 5.82 Å². The van der Waals surface area contributed by atoms with Crippen LogP contribution in [0.25, 0.3) is 0 Å². The van der Waals surface area contributed by atoms with Crippen LogP contribution >= 0.6 is 0 Å². The molecule has 0 N–H and O–H groups in total. The van der Waals surface area contributed by atoms with Gasteiger partial charge in [0.25, 0.3) is 5.56 Å². The summed E-state index contributed by atoms with van der Waals surface area (Å²) in [5.74, 6) is 0.748. The van der Waals surface area contributed by atoms with Gasteiger partial charge in [-0.25, -0.2) is 9.67 Å². The number of aromatic nitrogens is 4. The SMILES string of the molecule is Cc1nccn1CCN(C)C(=O)Cn1ncc(N(C)C)cc1=O. The lowest BCUT2D eigenvalue weighted by Crippen LogP contribution is -2.36. The van der Waals surface area contributed by atoms with E-state index in [0.29, 0.717) is 18.8 Å². The highest BCUT2D eigenvalue weighted by atomic mass is 16.2. The third-order valence-corrected chi connectivity index (χ3v) is 3.68. The van der Waals surface area contributed by atoms with Crippen molar-refractivity contribution < 1.29 is 4.79 Å². The van der Waals surface area contributed by atoms with E-state index in [9.17, 15) is 9.59 Å². The molecule has 124 valence electrons. The van der Waals surface area contributed by atoms with Crippen LogP contribution in [0.15, 0.2) is 29.5 Å². The minimum Gasteiger partial charge on any atom is -0.376 e. The summed E-state index contributed by atoms with van der Waals surface area (Å²) in [5.41, 5.74) is 0.422. The van der Waals surface area contributed by atoms with Crippen molar-refractivity contribution in [3.05, 3.63) is 40.8 Å². The number of carbonyl (C=O) groups excluding carboxylic acids is 1. The highest BCUT2D eigenvalue weighted by Crippen LogP contribution is 2.03. The molecule has 8 heteroatoms. The number of hydrogen-bond acceptors (Lipinski definition) is 5. The first-order valence-electron chi connectivity index (χ1n) is 7.34. The van der Waals surface area contributed by atoms with Gasteiger partial charge in [-0.2, -0.15) is 5.10 Å². The van der Waals surface area contributed by atoms with Gasteiger partial charge in [0.1, 0.15) is 12.4 Å². The Bertz CT molecular complexity index is 734. The largest absolute Gasteiger partial charge is 0.376 e. The van der Waals surface area contributed by atoms with Crippen molar-refractivity contribution in [3.63, 3.8) is 0 Å². The third kappa shape index (κ3) is 4.18. The number of nitrogens with zero attached hydrogens (tertiary/aromatic N) is 6. The Morgan fingerprint density at radius 3 is 2.61 bits per heavy atom. The Morgan fingerprint density at radius 2 is 2.04 bits per heavy atom. The topological polar surface area (TPSA) is 76.3 Å². The van der Waals surface area contributed by atoms with Crippen LogP contribution in [0.3, 0.4) is 0 Å². The maximum Gasteiger partial charge on any atom is 0.269 e. The summed E-state index contributed by atoms with van der Waals surface area (Å²) in [6, 6.07) is 1.47. The molecule has 0 aliphatic heterocycles. The van der Waals surface area contributed by atoms with Gasteiger partial charge in [-0.15, -0.1) is 0 Å². The molecular formula is C15H22N6O2. The molecule has 2 aromatic rings. The molecule has 0 aromatic carbocycles. The molecular weight excluding hydrogens is 296 g/mol. The predicted molar refractivity (Wildman–Crippen MR) is 87.4 cm³/mol. The normalized spacial score (nSPS) is 10.6. The fourth-order valence-corrected chi connectivity index (χ4v) is 2.06. The van der Waals surface area contributed by atoms with E-state index in [2.05, 4.69) is 10.1 Å². The minimum absolute atomic E-state index is 0.0635. The van der Waals surface area contributed by atoms with Crippen LogP contribution in [0.4, 0.5) is 5.69 Å². The zero-order valence-corrected chi connectivity index (χ0v) is 13.9. The van der Waals surface area contributed by atoms with Gasteiger partial charge in [-0.3, -0.25) is 9.59 Å². The van der Waals surface area contributed by atoms with Gasteiger partial charge in [0, 0.05) is 52.7 Å². The lowest BCUT2D eigenvalue weighted by atomic mass is 10.4. The highest BCUT2D eigenvalue weighted by molar-refractivity contribution is 5.75. The number of hydrogen-bond donors (Lipinski definition) is 0. The third-order valence-electron chi connectivity index (χ3n) is 3.68. The average Bonchev–Trinajstić information content (AvgIpc) is 2.91. The predicted octanol–water partition coefficient (Wildman–Crippen LogP) is -0.0272. The summed E-state index contributed by atoms with van der Waals surface area (Å²) in [5, 5.41) is 4.05. The Morgan fingerprint density at radius 1 is 1.30 bits per heavy atom. The van der Waals surface area contributed by atoms with Crippen molar-refractivity contribution in [1.82, 2.24) is 24.2 Å². The Labute approximate surface area is 135 Å². The summed E-state index contributed by atoms with van der Waals surface area (Å²) >= 11 is 0. The molecule has 1 amide bonds. The van der Waals surface area contributed by atoms with Crippen LogP contribution in [-0.2, 0) is 17.9 Å². The van der Waals surface area contributed by atoms with Crippen molar-refractivity contribution in [1.29, 1.82) is 0 Å². The molecule has 0 saturated heterocycles. The quantitative estimate of drug-likeness (QED) is 0.748. The van der Waals surface area contributed by atoms with Crippen LogP contribution in [0, 0.1) is 6.92 Å². The number of aryl methyl sites for hydroxylation is 1. The molecule has 2 rings (SSSR count). The lowest BCUT2D eigenvalue weighted by molar-refractivity contribution is -0.130. The van der Waals surface area contributed by atoms with Crippen LogP contribution in [0.2, 0.25) is 0 Å². The first kappa shape index (κ1) is 16.7. The van der Waals surface area contributed by atoms with Gasteiger partial charge >= 0.3 is 0 Å². The molecule has 2 heterocycles. The van der Waals surface area contributed by atoms with Crippen molar-refractivity contribution in [2.45, 2.75) is 20.0 Å². The molecule has 0 spiro atoms. The molecule has 23 heavy (non-hydrogen) atoms. The number of rotatable bonds is 6. The Kier molecular flexibility index (Phi) is 5.15. The summed E-state index contributed by atoms with van der Waals surface area (Å²) in [4.78, 5) is 31.7. The second kappa shape index (κ2) is 7.08. The number of imidazole rings is 1. The van der Waals surface area contributed by atoms with Crippen LogP contribution < -0.4 is 10.5 Å². The number of amides is 1. The van der Waals surface area contributed by atoms with E-state index in [1.165, 1.54) is 10.7 Å². The van der Waals surface area contributed by atoms with Gasteiger partial charge in [-0.1, -0.05) is 0 Å². The van der Waals surface area contributed by atoms with E-state index in [0.717, 1.165) is 5.82 Å². The zero-order valence-electron chi connectivity index (χ0n) is 13.9. The van der Waals surface area contributed by atoms with Crippen molar-refractivity contribution in [3.8, 4) is 0 Å². The molecule has 0 atom stereocenters. The maximum absolute atomic E-state index is 12.2. The molecule has 0 aliphatic rings. The molecule has 0 aliphatic carbocycles. The van der Waals surface area contributed by atoms with E-state index < -0.39 is 0 Å². The molecule has 0 saturated carbocycles. The summed E-state index contributed by atoms with van der Waals surface area (Å²) in [6.45, 7) is 3.06. The molecule has 0 bridgehead atoms. The molecule has 8 nitrogen and oxygen atoms in total. The molecule has 0 unspecified atom stereocenters. The monoisotopic (exact) mass is 318 g/mol. The van der Waals surface area contributed by atoms with E-state index in [1.807, 2.05) is 31.8 Å². The smallest absolute Gasteiger partial charge is 0.269 e. The van der Waals surface area contributed by atoms with Crippen molar-refractivity contribution in [2.75, 3.05) is 32.6 Å². The number of likely N-dealkylation sites (N-methyl/N-ethyl adjacent to an activating group) is 1. The van der Waals surface area contributed by atoms with Gasteiger partial charge in [0.05, 0.1) is 11.9 Å². The average molecular weight is 318 g/mol. The van der Waals surface area contributed by atoms with Gasteiger partial charge in [0.15, 0.2) is 0 Å². The van der Waals surface area contributed by atoms with Crippen LogP contribution in [0.5, 0.6) is 0 Å². The summed E-state index contributed by atoms with van der Waals surface area (Å²) in [6.07, 6.45) is 5.18. The van der Waals surface area contributed by atoms with Gasteiger partial charge in [0.2, 0.25) is 5.91 Å².